The number of hydrogen-bond acceptors (Lipinski definition) is 3. The van der Waals surface area contributed by atoms with Crippen molar-refractivity contribution in [3.8, 4) is 0 Å². The fraction of sp³-hybridized carbons (Fsp3) is 0.476. The van der Waals surface area contributed by atoms with Gasteiger partial charge in [0.05, 0.1) is 18.8 Å². The molecule has 2 N–H and O–H groups in total. The van der Waals surface area contributed by atoms with Crippen LogP contribution >= 0.6 is 24.0 Å². The van der Waals surface area contributed by atoms with Crippen molar-refractivity contribution >= 4 is 29.9 Å². The van der Waals surface area contributed by atoms with Crippen LogP contribution in [0.2, 0.25) is 0 Å². The number of benzene rings is 1. The van der Waals surface area contributed by atoms with Crippen molar-refractivity contribution in [3.63, 3.8) is 0 Å². The van der Waals surface area contributed by atoms with Crippen LogP contribution in [-0.2, 0) is 6.42 Å². The summed E-state index contributed by atoms with van der Waals surface area (Å²) in [5.74, 6) is 1.56. The first-order valence-corrected chi connectivity index (χ1v) is 9.80. The van der Waals surface area contributed by atoms with Crippen LogP contribution in [0, 0.1) is 5.82 Å². The minimum atomic E-state index is -0.194. The van der Waals surface area contributed by atoms with E-state index in [1.54, 1.807) is 18.4 Å². The third kappa shape index (κ3) is 6.77. The quantitative estimate of drug-likeness (QED) is 0.327. The molecule has 2 aromatic rings. The van der Waals surface area contributed by atoms with E-state index in [1.165, 1.54) is 18.9 Å². The van der Waals surface area contributed by atoms with Gasteiger partial charge in [0.15, 0.2) is 5.96 Å². The van der Waals surface area contributed by atoms with Crippen molar-refractivity contribution in [2.75, 3.05) is 32.7 Å². The summed E-state index contributed by atoms with van der Waals surface area (Å²) in [6.45, 7) is 6.36. The average molecular weight is 500 g/mol. The van der Waals surface area contributed by atoms with Gasteiger partial charge in [-0.05, 0) is 69.1 Å². The highest BCUT2D eigenvalue weighted by molar-refractivity contribution is 14.0. The smallest absolute Gasteiger partial charge is 0.191 e. The molecule has 0 bridgehead atoms. The molecule has 1 aliphatic heterocycles. The highest BCUT2D eigenvalue weighted by atomic mass is 127. The molecule has 1 aliphatic rings. The molecule has 7 heteroatoms. The lowest BCUT2D eigenvalue weighted by molar-refractivity contribution is 0.221. The normalized spacial score (nSPS) is 15.9. The number of furan rings is 1. The summed E-state index contributed by atoms with van der Waals surface area (Å²) in [6, 6.07) is 10.9. The Labute approximate surface area is 183 Å². The van der Waals surface area contributed by atoms with E-state index in [-0.39, 0.29) is 35.8 Å². The van der Waals surface area contributed by atoms with Gasteiger partial charge in [0.25, 0.3) is 0 Å². The number of guanidine groups is 1. The predicted molar refractivity (Wildman–Crippen MR) is 122 cm³/mol. The molecule has 0 radical (unpaired) electrons. The van der Waals surface area contributed by atoms with Crippen LogP contribution in [-0.4, -0.2) is 43.6 Å². The van der Waals surface area contributed by atoms with Crippen LogP contribution in [0.15, 0.2) is 52.1 Å². The number of aliphatic imine (C=N–C) groups is 1. The predicted octanol–water partition coefficient (Wildman–Crippen LogP) is 3.97. The zero-order valence-corrected chi connectivity index (χ0v) is 18.7. The van der Waals surface area contributed by atoms with Gasteiger partial charge in [-0.25, -0.2) is 4.39 Å². The first-order chi connectivity index (χ1) is 13.3. The SMILES string of the molecule is CCNC(=NCC(c1ccco1)N1CCCC1)NCCc1cccc(F)c1.I. The third-order valence-electron chi connectivity index (χ3n) is 4.81. The lowest BCUT2D eigenvalue weighted by Crippen LogP contribution is -2.39. The van der Waals surface area contributed by atoms with E-state index in [4.69, 9.17) is 9.41 Å². The summed E-state index contributed by atoms with van der Waals surface area (Å²) in [4.78, 5) is 7.22. The second kappa shape index (κ2) is 12.1. The van der Waals surface area contributed by atoms with Crippen LogP contribution in [0.4, 0.5) is 4.39 Å². The van der Waals surface area contributed by atoms with Crippen LogP contribution in [0.3, 0.4) is 0 Å². The summed E-state index contributed by atoms with van der Waals surface area (Å²) in [5.41, 5.74) is 0.976. The van der Waals surface area contributed by atoms with Crippen molar-refractivity contribution < 1.29 is 8.81 Å². The molecule has 0 spiro atoms. The van der Waals surface area contributed by atoms with Gasteiger partial charge < -0.3 is 15.1 Å². The number of hydrogen-bond donors (Lipinski definition) is 2. The Balaban J connectivity index is 0.00000280. The van der Waals surface area contributed by atoms with Crippen molar-refractivity contribution in [2.24, 2.45) is 4.99 Å². The maximum absolute atomic E-state index is 13.3. The summed E-state index contributed by atoms with van der Waals surface area (Å²) in [5, 5.41) is 6.63. The fourth-order valence-corrected chi connectivity index (χ4v) is 3.46. The number of likely N-dealkylation sites (tertiary alicyclic amines) is 1. The van der Waals surface area contributed by atoms with Gasteiger partial charge in [-0.3, -0.25) is 9.89 Å². The molecule has 1 saturated heterocycles. The Morgan fingerprint density at radius 1 is 1.21 bits per heavy atom. The molecule has 2 heterocycles. The number of rotatable bonds is 8. The first kappa shape index (κ1) is 22.7. The van der Waals surface area contributed by atoms with Gasteiger partial charge in [-0.1, -0.05) is 12.1 Å². The molecule has 1 aromatic carbocycles. The van der Waals surface area contributed by atoms with Crippen LogP contribution in [0.5, 0.6) is 0 Å². The maximum atomic E-state index is 13.3. The largest absolute Gasteiger partial charge is 0.468 e. The molecule has 1 atom stereocenters. The zero-order valence-electron chi connectivity index (χ0n) is 16.4. The highest BCUT2D eigenvalue weighted by Gasteiger charge is 2.25. The first-order valence-electron chi connectivity index (χ1n) is 9.80. The van der Waals surface area contributed by atoms with E-state index >= 15 is 0 Å². The topological polar surface area (TPSA) is 52.8 Å². The van der Waals surface area contributed by atoms with E-state index < -0.39 is 0 Å². The van der Waals surface area contributed by atoms with Crippen molar-refractivity contribution in [1.82, 2.24) is 15.5 Å². The van der Waals surface area contributed by atoms with Crippen molar-refractivity contribution in [3.05, 3.63) is 59.8 Å². The zero-order chi connectivity index (χ0) is 18.9. The van der Waals surface area contributed by atoms with E-state index in [9.17, 15) is 4.39 Å². The van der Waals surface area contributed by atoms with Crippen LogP contribution in [0.1, 0.15) is 37.1 Å². The molecule has 1 unspecified atom stereocenters. The molecule has 5 nitrogen and oxygen atoms in total. The fourth-order valence-electron chi connectivity index (χ4n) is 3.46. The highest BCUT2D eigenvalue weighted by Crippen LogP contribution is 2.25. The van der Waals surface area contributed by atoms with Crippen LogP contribution in [0.25, 0.3) is 0 Å². The second-order valence-corrected chi connectivity index (χ2v) is 6.80. The van der Waals surface area contributed by atoms with Gasteiger partial charge >= 0.3 is 0 Å². The molecular weight excluding hydrogens is 470 g/mol. The van der Waals surface area contributed by atoms with Crippen LogP contribution < -0.4 is 10.6 Å². The second-order valence-electron chi connectivity index (χ2n) is 6.80. The Kier molecular flexibility index (Phi) is 9.77. The number of halogens is 2. The summed E-state index contributed by atoms with van der Waals surface area (Å²) in [6.07, 6.45) is 4.93. The summed E-state index contributed by atoms with van der Waals surface area (Å²) in [7, 11) is 0. The Morgan fingerprint density at radius 3 is 2.71 bits per heavy atom. The van der Waals surface area contributed by atoms with E-state index in [2.05, 4.69) is 15.5 Å². The molecular formula is C21H30FIN4O. The standard InChI is InChI=1S/C21H29FN4O.HI/c1-2-23-21(24-11-10-17-7-5-8-18(22)15-17)25-16-19(20-9-6-14-27-20)26-12-3-4-13-26;/h5-9,14-15,19H,2-4,10-13,16H2,1H3,(H2,23,24,25);1H. The molecule has 154 valence electrons. The lowest BCUT2D eigenvalue weighted by Gasteiger charge is -2.24. The maximum Gasteiger partial charge on any atom is 0.191 e. The molecule has 28 heavy (non-hydrogen) atoms. The molecule has 1 aromatic heterocycles. The molecule has 0 saturated carbocycles. The monoisotopic (exact) mass is 500 g/mol. The number of nitrogens with zero attached hydrogens (tertiary/aromatic N) is 2. The van der Waals surface area contributed by atoms with Gasteiger partial charge in [-0.2, -0.15) is 0 Å². The Bertz CT molecular complexity index is 717. The summed E-state index contributed by atoms with van der Waals surface area (Å²) >= 11 is 0. The van der Waals surface area contributed by atoms with Gasteiger partial charge in [0.1, 0.15) is 11.6 Å². The van der Waals surface area contributed by atoms with E-state index in [1.807, 2.05) is 25.1 Å². The van der Waals surface area contributed by atoms with Crippen molar-refractivity contribution in [1.29, 1.82) is 0 Å². The van der Waals surface area contributed by atoms with E-state index in [0.717, 1.165) is 43.3 Å². The minimum absolute atomic E-state index is 0. The third-order valence-corrected chi connectivity index (χ3v) is 4.81. The minimum Gasteiger partial charge on any atom is -0.468 e. The molecule has 1 fully saturated rings. The Hall–Kier alpha value is -1.61. The lowest BCUT2D eigenvalue weighted by atomic mass is 10.1. The van der Waals surface area contributed by atoms with Gasteiger partial charge in [0, 0.05) is 13.1 Å². The summed E-state index contributed by atoms with van der Waals surface area (Å²) < 4.78 is 19.0. The molecule has 0 amide bonds. The van der Waals surface area contributed by atoms with Gasteiger partial charge in [0.2, 0.25) is 0 Å². The molecule has 3 rings (SSSR count). The Morgan fingerprint density at radius 2 is 2.04 bits per heavy atom. The van der Waals surface area contributed by atoms with Crippen molar-refractivity contribution in [2.45, 2.75) is 32.2 Å². The van der Waals surface area contributed by atoms with Gasteiger partial charge in [-0.15, -0.1) is 24.0 Å². The average Bonchev–Trinajstić information content (AvgIpc) is 3.36. The van der Waals surface area contributed by atoms with E-state index in [0.29, 0.717) is 13.1 Å². The number of nitrogens with one attached hydrogen (secondary N) is 2. The molecule has 0 aliphatic carbocycles.